The molecule has 2 aromatic heterocycles. The summed E-state index contributed by atoms with van der Waals surface area (Å²) >= 11 is 7.34. The zero-order chi connectivity index (χ0) is 17.8. The molecule has 0 radical (unpaired) electrons. The predicted molar refractivity (Wildman–Crippen MR) is 94.7 cm³/mol. The van der Waals surface area contributed by atoms with Crippen molar-refractivity contribution in [2.45, 2.75) is 30.9 Å². The molecule has 10 heteroatoms. The molecule has 0 N–H and O–H groups in total. The molecule has 0 atom stereocenters. The van der Waals surface area contributed by atoms with Gasteiger partial charge in [-0.15, -0.1) is 10.2 Å². The molecule has 0 amide bonds. The van der Waals surface area contributed by atoms with E-state index >= 15 is 0 Å². The molecule has 3 rings (SSSR count). The van der Waals surface area contributed by atoms with Crippen LogP contribution in [0.4, 0.5) is 5.69 Å². The second-order valence-electron chi connectivity index (χ2n) is 5.21. The maximum Gasteiger partial charge on any atom is 0.307 e. The van der Waals surface area contributed by atoms with Gasteiger partial charge in [-0.3, -0.25) is 14.8 Å². The number of halogens is 1. The van der Waals surface area contributed by atoms with Crippen molar-refractivity contribution in [3.8, 4) is 0 Å². The van der Waals surface area contributed by atoms with Gasteiger partial charge in [-0.05, 0) is 24.6 Å². The normalized spacial score (nSPS) is 11.0. The van der Waals surface area contributed by atoms with Gasteiger partial charge in [0.15, 0.2) is 5.16 Å². The van der Waals surface area contributed by atoms with Crippen molar-refractivity contribution in [2.24, 2.45) is 0 Å². The van der Waals surface area contributed by atoms with Crippen molar-refractivity contribution in [1.82, 2.24) is 24.5 Å². The van der Waals surface area contributed by atoms with Gasteiger partial charge < -0.3 is 4.57 Å². The van der Waals surface area contributed by atoms with E-state index in [1.165, 1.54) is 28.8 Å². The Labute approximate surface area is 153 Å². The molecule has 0 bridgehead atoms. The summed E-state index contributed by atoms with van der Waals surface area (Å²) in [7, 11) is 0. The van der Waals surface area contributed by atoms with Gasteiger partial charge in [-0.25, -0.2) is 0 Å². The van der Waals surface area contributed by atoms with Crippen LogP contribution >= 0.6 is 23.4 Å². The van der Waals surface area contributed by atoms with E-state index in [1.807, 2.05) is 35.8 Å². The van der Waals surface area contributed by atoms with Crippen LogP contribution in [0.1, 0.15) is 18.3 Å². The van der Waals surface area contributed by atoms with Crippen LogP contribution in [0.15, 0.2) is 41.8 Å². The summed E-state index contributed by atoms with van der Waals surface area (Å²) in [6.07, 6.45) is 3.29. The van der Waals surface area contributed by atoms with Crippen molar-refractivity contribution >= 4 is 29.1 Å². The SMILES string of the molecule is CCn1c(Cc2ccc(Cl)cc2)nnc1SCn1cc([N+](=O)[O-])cn1. The molecule has 0 aliphatic rings. The van der Waals surface area contributed by atoms with Crippen molar-refractivity contribution in [3.63, 3.8) is 0 Å². The quantitative estimate of drug-likeness (QED) is 0.355. The highest BCUT2D eigenvalue weighted by Gasteiger charge is 2.14. The minimum absolute atomic E-state index is 0.0269. The summed E-state index contributed by atoms with van der Waals surface area (Å²) in [5.74, 6) is 1.28. The Kier molecular flexibility index (Phi) is 5.34. The third-order valence-corrected chi connectivity index (χ3v) is 4.75. The van der Waals surface area contributed by atoms with Crippen LogP contribution < -0.4 is 0 Å². The smallest absolute Gasteiger partial charge is 0.306 e. The predicted octanol–water partition coefficient (Wildman–Crippen LogP) is 3.40. The first-order valence-corrected chi connectivity index (χ1v) is 8.89. The minimum atomic E-state index is -0.465. The lowest BCUT2D eigenvalue weighted by Crippen LogP contribution is -2.05. The first-order valence-electron chi connectivity index (χ1n) is 7.53. The molecule has 0 spiro atoms. The summed E-state index contributed by atoms with van der Waals surface area (Å²) in [6.45, 7) is 2.76. The van der Waals surface area contributed by atoms with Crippen LogP contribution in [-0.2, 0) is 18.8 Å². The fraction of sp³-hybridized carbons (Fsp3) is 0.267. The Morgan fingerprint density at radius 1 is 1.28 bits per heavy atom. The molecule has 3 aromatic rings. The number of rotatable bonds is 7. The fourth-order valence-corrected chi connectivity index (χ4v) is 3.30. The lowest BCUT2D eigenvalue weighted by Gasteiger charge is -2.07. The second-order valence-corrected chi connectivity index (χ2v) is 6.56. The van der Waals surface area contributed by atoms with Crippen LogP contribution in [0.5, 0.6) is 0 Å². The Morgan fingerprint density at radius 3 is 2.68 bits per heavy atom. The van der Waals surface area contributed by atoms with Gasteiger partial charge in [0.25, 0.3) is 0 Å². The zero-order valence-electron chi connectivity index (χ0n) is 13.4. The van der Waals surface area contributed by atoms with Gasteiger partial charge >= 0.3 is 5.69 Å². The summed E-state index contributed by atoms with van der Waals surface area (Å²) in [5.41, 5.74) is 1.08. The molecular weight excluding hydrogens is 364 g/mol. The van der Waals surface area contributed by atoms with E-state index in [-0.39, 0.29) is 5.69 Å². The fourth-order valence-electron chi connectivity index (χ4n) is 2.30. The maximum absolute atomic E-state index is 10.7. The van der Waals surface area contributed by atoms with Gasteiger partial charge in [0.1, 0.15) is 18.2 Å². The molecule has 0 fully saturated rings. The van der Waals surface area contributed by atoms with Crippen molar-refractivity contribution in [3.05, 3.63) is 63.2 Å². The lowest BCUT2D eigenvalue weighted by atomic mass is 10.1. The number of benzene rings is 1. The Hall–Kier alpha value is -2.39. The summed E-state index contributed by atoms with van der Waals surface area (Å²) in [5, 5.41) is 24.6. The third-order valence-electron chi connectivity index (χ3n) is 3.54. The molecule has 0 aliphatic heterocycles. The molecule has 2 heterocycles. The van der Waals surface area contributed by atoms with Gasteiger partial charge in [-0.1, -0.05) is 35.5 Å². The van der Waals surface area contributed by atoms with Crippen molar-refractivity contribution < 1.29 is 4.92 Å². The highest BCUT2D eigenvalue weighted by molar-refractivity contribution is 7.98. The van der Waals surface area contributed by atoms with Gasteiger partial charge in [-0.2, -0.15) is 5.10 Å². The molecule has 1 aromatic carbocycles. The summed E-state index contributed by atoms with van der Waals surface area (Å²) in [6, 6.07) is 7.63. The average Bonchev–Trinajstić information content (AvgIpc) is 3.22. The summed E-state index contributed by atoms with van der Waals surface area (Å²) < 4.78 is 3.54. The molecule has 8 nitrogen and oxygen atoms in total. The monoisotopic (exact) mass is 378 g/mol. The van der Waals surface area contributed by atoms with E-state index in [1.54, 1.807) is 0 Å². The molecule has 0 saturated carbocycles. The zero-order valence-corrected chi connectivity index (χ0v) is 14.9. The third kappa shape index (κ3) is 4.18. The van der Waals surface area contributed by atoms with E-state index in [9.17, 15) is 10.1 Å². The van der Waals surface area contributed by atoms with Crippen molar-refractivity contribution in [1.29, 1.82) is 0 Å². The first-order chi connectivity index (χ1) is 12.1. The Bertz CT molecular complexity index is 877. The second kappa shape index (κ2) is 7.66. The van der Waals surface area contributed by atoms with E-state index in [0.29, 0.717) is 17.3 Å². The van der Waals surface area contributed by atoms with Gasteiger partial charge in [0.05, 0.1) is 10.8 Å². The number of thioether (sulfide) groups is 1. The number of nitro groups is 1. The number of aromatic nitrogens is 5. The largest absolute Gasteiger partial charge is 0.307 e. The van der Waals surface area contributed by atoms with E-state index < -0.39 is 4.92 Å². The molecule has 0 aliphatic carbocycles. The standard InChI is InChI=1S/C15H15ClN6O2S/c1-2-21-14(7-11-3-5-12(16)6-4-11)18-19-15(21)25-10-20-9-13(8-17-20)22(23)24/h3-6,8-9H,2,7,10H2,1H3. The molecular formula is C15H15ClN6O2S. The van der Waals surface area contributed by atoms with Crippen molar-refractivity contribution in [2.75, 3.05) is 0 Å². The highest BCUT2D eigenvalue weighted by atomic mass is 35.5. The lowest BCUT2D eigenvalue weighted by molar-refractivity contribution is -0.385. The average molecular weight is 379 g/mol. The van der Waals surface area contributed by atoms with E-state index in [2.05, 4.69) is 15.3 Å². The van der Waals surface area contributed by atoms with Crippen LogP contribution in [0.3, 0.4) is 0 Å². The van der Waals surface area contributed by atoms with Crippen LogP contribution in [0.2, 0.25) is 5.02 Å². The Balaban J connectivity index is 1.70. The molecule has 0 saturated heterocycles. The minimum Gasteiger partial charge on any atom is -0.306 e. The first kappa shape index (κ1) is 17.4. The maximum atomic E-state index is 10.7. The van der Waals surface area contributed by atoms with Crippen LogP contribution in [-0.4, -0.2) is 29.5 Å². The van der Waals surface area contributed by atoms with Gasteiger partial charge in [0, 0.05) is 18.0 Å². The summed E-state index contributed by atoms with van der Waals surface area (Å²) in [4.78, 5) is 10.2. The topological polar surface area (TPSA) is 91.7 Å². The van der Waals surface area contributed by atoms with Crippen LogP contribution in [0, 0.1) is 10.1 Å². The highest BCUT2D eigenvalue weighted by Crippen LogP contribution is 2.21. The van der Waals surface area contributed by atoms with E-state index in [4.69, 9.17) is 11.6 Å². The number of nitrogens with zero attached hydrogens (tertiary/aromatic N) is 6. The number of hydrogen-bond donors (Lipinski definition) is 0. The Morgan fingerprint density at radius 2 is 2.04 bits per heavy atom. The molecule has 130 valence electrons. The van der Waals surface area contributed by atoms with Gasteiger partial charge in [0.2, 0.25) is 0 Å². The van der Waals surface area contributed by atoms with Crippen LogP contribution in [0.25, 0.3) is 0 Å². The van der Waals surface area contributed by atoms with E-state index in [0.717, 1.165) is 23.1 Å². The molecule has 0 unspecified atom stereocenters. The molecule has 25 heavy (non-hydrogen) atoms. The number of hydrogen-bond acceptors (Lipinski definition) is 6.